The first kappa shape index (κ1) is 20.5. The van der Waals surface area contributed by atoms with Gasteiger partial charge in [0.15, 0.2) is 11.5 Å². The number of ether oxygens (including phenoxy) is 1. The number of hydrogen-bond acceptors (Lipinski definition) is 4. The number of oxazole rings is 1. The van der Waals surface area contributed by atoms with Crippen molar-refractivity contribution in [1.29, 1.82) is 0 Å². The number of carbonyl (C=O) groups is 1. The number of halogens is 2. The Hall–Kier alpha value is -3.74. The van der Waals surface area contributed by atoms with E-state index < -0.39 is 6.61 Å². The summed E-state index contributed by atoms with van der Waals surface area (Å²) < 4.78 is 35.8. The zero-order chi connectivity index (χ0) is 21.6. The van der Waals surface area contributed by atoms with Gasteiger partial charge in [0.25, 0.3) is 0 Å². The van der Waals surface area contributed by atoms with Crippen LogP contribution in [0.25, 0.3) is 11.1 Å². The molecule has 1 amide bonds. The molecule has 3 aromatic carbocycles. The molecule has 0 aliphatic rings. The van der Waals surface area contributed by atoms with Gasteiger partial charge in [0, 0.05) is 30.5 Å². The van der Waals surface area contributed by atoms with Gasteiger partial charge in [-0.1, -0.05) is 42.5 Å². The number of carbonyl (C=O) groups excluding carboxylic acids is 1. The van der Waals surface area contributed by atoms with Crippen molar-refractivity contribution in [3.8, 4) is 5.75 Å². The number of alkyl halides is 2. The van der Waals surface area contributed by atoms with Crippen LogP contribution in [0.5, 0.6) is 5.75 Å². The molecule has 0 fully saturated rings. The molecule has 1 N–H and O–H groups in total. The molecule has 4 rings (SSSR count). The molecule has 0 radical (unpaired) electrons. The molecule has 0 saturated carbocycles. The molecule has 0 atom stereocenters. The monoisotopic (exact) mass is 422 g/mol. The maximum atomic E-state index is 12.8. The third-order valence-electron chi connectivity index (χ3n) is 4.70. The van der Waals surface area contributed by atoms with Gasteiger partial charge in [0.1, 0.15) is 11.3 Å². The molecule has 5 nitrogen and oxygen atoms in total. The highest BCUT2D eigenvalue weighted by Gasteiger charge is 2.13. The summed E-state index contributed by atoms with van der Waals surface area (Å²) in [5, 5.41) is 2.80. The number of fused-ring (bicyclic) bond motifs is 1. The summed E-state index contributed by atoms with van der Waals surface area (Å²) in [6.45, 7) is -2.92. The predicted molar refractivity (Wildman–Crippen MR) is 113 cm³/mol. The Labute approximate surface area is 177 Å². The normalized spacial score (nSPS) is 11.1. The van der Waals surface area contributed by atoms with Crippen LogP contribution in [0.4, 0.5) is 14.5 Å². The SMILES string of the molecule is O=C(CCc1nc2ccccc2o1)Nc1ccc(OC(F)F)c(Cc2ccccc2)c1. The molecular weight excluding hydrogens is 402 g/mol. The zero-order valence-electron chi connectivity index (χ0n) is 16.6. The number of hydrogen-bond donors (Lipinski definition) is 1. The summed E-state index contributed by atoms with van der Waals surface area (Å²) in [6, 6.07) is 21.5. The third-order valence-corrected chi connectivity index (χ3v) is 4.70. The smallest absolute Gasteiger partial charge is 0.387 e. The summed E-state index contributed by atoms with van der Waals surface area (Å²) in [6.07, 6.45) is 0.926. The zero-order valence-corrected chi connectivity index (χ0v) is 16.6. The van der Waals surface area contributed by atoms with Crippen molar-refractivity contribution in [2.24, 2.45) is 0 Å². The molecule has 0 spiro atoms. The number of nitrogens with zero attached hydrogens (tertiary/aromatic N) is 1. The minimum absolute atomic E-state index is 0.0864. The van der Waals surface area contributed by atoms with Crippen LogP contribution in [-0.4, -0.2) is 17.5 Å². The van der Waals surface area contributed by atoms with Crippen molar-refractivity contribution < 1.29 is 22.7 Å². The number of aryl methyl sites for hydroxylation is 1. The summed E-state index contributed by atoms with van der Waals surface area (Å²) in [7, 11) is 0. The standard InChI is InChI=1S/C24H20F2N2O3/c25-24(26)31-20-11-10-18(15-17(20)14-16-6-2-1-3-7-16)27-22(29)12-13-23-28-19-8-4-5-9-21(19)30-23/h1-11,15,24H,12-14H2,(H,27,29). The average molecular weight is 422 g/mol. The number of amides is 1. The first-order valence-electron chi connectivity index (χ1n) is 9.83. The van der Waals surface area contributed by atoms with Crippen molar-refractivity contribution in [2.45, 2.75) is 25.9 Å². The van der Waals surface area contributed by atoms with Gasteiger partial charge < -0.3 is 14.5 Å². The molecule has 0 aliphatic carbocycles. The Morgan fingerprint density at radius 1 is 1.03 bits per heavy atom. The molecule has 0 bridgehead atoms. The molecule has 31 heavy (non-hydrogen) atoms. The van der Waals surface area contributed by atoms with Crippen molar-refractivity contribution in [1.82, 2.24) is 4.98 Å². The second kappa shape index (κ2) is 9.38. The van der Waals surface area contributed by atoms with E-state index in [1.807, 2.05) is 54.6 Å². The highest BCUT2D eigenvalue weighted by molar-refractivity contribution is 5.91. The van der Waals surface area contributed by atoms with Gasteiger partial charge in [0.2, 0.25) is 5.91 Å². The van der Waals surface area contributed by atoms with E-state index in [9.17, 15) is 13.6 Å². The Morgan fingerprint density at radius 3 is 2.58 bits per heavy atom. The first-order chi connectivity index (χ1) is 15.1. The van der Waals surface area contributed by atoms with Crippen LogP contribution in [-0.2, 0) is 17.6 Å². The predicted octanol–water partition coefficient (Wildman–Crippen LogP) is 5.59. The Balaban J connectivity index is 1.44. The van der Waals surface area contributed by atoms with Crippen molar-refractivity contribution >= 4 is 22.7 Å². The summed E-state index contributed by atoms with van der Waals surface area (Å²) in [4.78, 5) is 16.8. The first-order valence-corrected chi connectivity index (χ1v) is 9.83. The minimum atomic E-state index is -2.92. The summed E-state index contributed by atoms with van der Waals surface area (Å²) in [5.41, 5.74) is 3.44. The van der Waals surface area contributed by atoms with E-state index in [-0.39, 0.29) is 18.1 Å². The second-order valence-corrected chi connectivity index (χ2v) is 6.99. The maximum absolute atomic E-state index is 12.8. The van der Waals surface area contributed by atoms with E-state index in [4.69, 9.17) is 4.42 Å². The van der Waals surface area contributed by atoms with E-state index in [2.05, 4.69) is 15.0 Å². The molecule has 4 aromatic rings. The van der Waals surface area contributed by atoms with Crippen molar-refractivity contribution in [3.63, 3.8) is 0 Å². The molecule has 1 aromatic heterocycles. The molecule has 0 aliphatic heterocycles. The van der Waals surface area contributed by atoms with Crippen molar-refractivity contribution in [2.75, 3.05) is 5.32 Å². The summed E-state index contributed by atoms with van der Waals surface area (Å²) in [5.74, 6) is 0.348. The number of benzene rings is 3. The van der Waals surface area contributed by atoms with Crippen LogP contribution < -0.4 is 10.1 Å². The van der Waals surface area contributed by atoms with Crippen LogP contribution in [0.2, 0.25) is 0 Å². The van der Waals surface area contributed by atoms with Crippen LogP contribution >= 0.6 is 0 Å². The van der Waals surface area contributed by atoms with E-state index in [0.29, 0.717) is 35.6 Å². The fraction of sp³-hybridized carbons (Fsp3) is 0.167. The van der Waals surface area contributed by atoms with E-state index in [0.717, 1.165) is 11.1 Å². The van der Waals surface area contributed by atoms with Gasteiger partial charge in [-0.05, 0) is 35.9 Å². The topological polar surface area (TPSA) is 64.4 Å². The Morgan fingerprint density at radius 2 is 1.81 bits per heavy atom. The highest BCUT2D eigenvalue weighted by Crippen LogP contribution is 2.27. The van der Waals surface area contributed by atoms with Gasteiger partial charge in [-0.25, -0.2) is 4.98 Å². The molecule has 0 saturated heterocycles. The van der Waals surface area contributed by atoms with Gasteiger partial charge in [-0.2, -0.15) is 8.78 Å². The number of nitrogens with one attached hydrogen (secondary N) is 1. The number of aromatic nitrogens is 1. The van der Waals surface area contributed by atoms with Crippen LogP contribution in [0.1, 0.15) is 23.4 Å². The summed E-state index contributed by atoms with van der Waals surface area (Å²) >= 11 is 0. The molecule has 158 valence electrons. The van der Waals surface area contributed by atoms with Crippen LogP contribution in [0.3, 0.4) is 0 Å². The Kier molecular flexibility index (Phi) is 6.21. The maximum Gasteiger partial charge on any atom is 0.387 e. The van der Waals surface area contributed by atoms with Gasteiger partial charge in [0.05, 0.1) is 0 Å². The van der Waals surface area contributed by atoms with Gasteiger partial charge in [-0.3, -0.25) is 4.79 Å². The molecule has 7 heteroatoms. The third kappa shape index (κ3) is 5.45. The van der Waals surface area contributed by atoms with Gasteiger partial charge >= 0.3 is 6.61 Å². The minimum Gasteiger partial charge on any atom is -0.441 e. The number of rotatable bonds is 8. The lowest BCUT2D eigenvalue weighted by atomic mass is 10.0. The fourth-order valence-electron chi connectivity index (χ4n) is 3.29. The van der Waals surface area contributed by atoms with Crippen molar-refractivity contribution in [3.05, 3.63) is 89.8 Å². The highest BCUT2D eigenvalue weighted by atomic mass is 19.3. The van der Waals surface area contributed by atoms with E-state index in [1.165, 1.54) is 6.07 Å². The lowest BCUT2D eigenvalue weighted by Crippen LogP contribution is -2.13. The fourth-order valence-corrected chi connectivity index (χ4v) is 3.29. The number of anilines is 1. The Bertz CT molecular complexity index is 1140. The van der Waals surface area contributed by atoms with E-state index >= 15 is 0 Å². The quantitative estimate of drug-likeness (QED) is 0.402. The largest absolute Gasteiger partial charge is 0.441 e. The number of para-hydroxylation sites is 2. The van der Waals surface area contributed by atoms with Crippen LogP contribution in [0.15, 0.2) is 77.2 Å². The second-order valence-electron chi connectivity index (χ2n) is 6.99. The molecule has 1 heterocycles. The molecular formula is C24H20F2N2O3. The van der Waals surface area contributed by atoms with Gasteiger partial charge in [-0.15, -0.1) is 0 Å². The van der Waals surface area contributed by atoms with Crippen LogP contribution in [0, 0.1) is 0 Å². The average Bonchev–Trinajstić information content (AvgIpc) is 3.18. The molecule has 0 unspecified atom stereocenters. The lowest BCUT2D eigenvalue weighted by Gasteiger charge is -2.13. The van der Waals surface area contributed by atoms with E-state index in [1.54, 1.807) is 12.1 Å². The lowest BCUT2D eigenvalue weighted by molar-refractivity contribution is -0.116.